The minimum atomic E-state index is -3.65. The molecule has 162 valence electrons. The molecule has 4 rings (SSSR count). The van der Waals surface area contributed by atoms with Crippen LogP contribution in [0, 0.1) is 11.3 Å². The van der Waals surface area contributed by atoms with E-state index in [0.29, 0.717) is 24.1 Å². The zero-order chi connectivity index (χ0) is 22.7. The Labute approximate surface area is 187 Å². The van der Waals surface area contributed by atoms with Gasteiger partial charge in [0.05, 0.1) is 33.3 Å². The van der Waals surface area contributed by atoms with Crippen LogP contribution in [0.3, 0.4) is 0 Å². The standard InChI is InChI=1S/C24H22N4O3S/c25-15-17-6-8-18(9-7-17)16-27-24(29)28-22-12-11-21(14-19(22)10-13-23(28)26)32(30,31)20-4-2-1-3-5-20/h1-9,11-12,14,23H,10,13,16,26H2,(H,27,29). The predicted molar refractivity (Wildman–Crippen MR) is 121 cm³/mol. The quantitative estimate of drug-likeness (QED) is 0.638. The number of fused-ring (bicyclic) bond motifs is 1. The summed E-state index contributed by atoms with van der Waals surface area (Å²) in [5, 5.41) is 11.7. The molecule has 1 unspecified atom stereocenters. The first-order valence-corrected chi connectivity index (χ1v) is 11.6. The molecule has 3 aromatic carbocycles. The lowest BCUT2D eigenvalue weighted by molar-refractivity contribution is 0.242. The van der Waals surface area contributed by atoms with Gasteiger partial charge in [-0.1, -0.05) is 30.3 Å². The first-order valence-electron chi connectivity index (χ1n) is 10.1. The zero-order valence-electron chi connectivity index (χ0n) is 17.2. The molecule has 32 heavy (non-hydrogen) atoms. The van der Waals surface area contributed by atoms with Crippen LogP contribution in [0.25, 0.3) is 0 Å². The number of amides is 2. The molecule has 0 bridgehead atoms. The van der Waals surface area contributed by atoms with Crippen LogP contribution in [0.5, 0.6) is 0 Å². The van der Waals surface area contributed by atoms with E-state index in [9.17, 15) is 13.2 Å². The van der Waals surface area contributed by atoms with Crippen molar-refractivity contribution in [2.24, 2.45) is 5.73 Å². The molecule has 0 saturated carbocycles. The molecule has 0 aromatic heterocycles. The Morgan fingerprint density at radius 3 is 2.47 bits per heavy atom. The Hall–Kier alpha value is -3.67. The summed E-state index contributed by atoms with van der Waals surface area (Å²) in [6.07, 6.45) is 0.584. The maximum atomic E-state index is 13.0. The highest BCUT2D eigenvalue weighted by atomic mass is 32.2. The summed E-state index contributed by atoms with van der Waals surface area (Å²) in [5.74, 6) is 0. The van der Waals surface area contributed by atoms with Crippen molar-refractivity contribution in [1.29, 1.82) is 5.26 Å². The number of nitriles is 1. The van der Waals surface area contributed by atoms with Gasteiger partial charge in [0.1, 0.15) is 0 Å². The van der Waals surface area contributed by atoms with Crippen molar-refractivity contribution in [3.8, 4) is 6.07 Å². The third kappa shape index (κ3) is 4.21. The van der Waals surface area contributed by atoms with Crippen LogP contribution in [-0.4, -0.2) is 20.6 Å². The number of carbonyl (C=O) groups is 1. The third-order valence-electron chi connectivity index (χ3n) is 5.46. The van der Waals surface area contributed by atoms with E-state index in [4.69, 9.17) is 11.0 Å². The number of rotatable bonds is 4. The molecule has 3 aromatic rings. The molecule has 8 heteroatoms. The van der Waals surface area contributed by atoms with Crippen LogP contribution < -0.4 is 16.0 Å². The second kappa shape index (κ2) is 8.83. The predicted octanol–water partition coefficient (Wildman–Crippen LogP) is 3.34. The highest BCUT2D eigenvalue weighted by Crippen LogP contribution is 2.33. The molecule has 0 radical (unpaired) electrons. The molecule has 7 nitrogen and oxygen atoms in total. The van der Waals surface area contributed by atoms with Crippen molar-refractivity contribution < 1.29 is 13.2 Å². The topological polar surface area (TPSA) is 116 Å². The minimum Gasteiger partial charge on any atom is -0.334 e. The van der Waals surface area contributed by atoms with Crippen LogP contribution in [0.4, 0.5) is 10.5 Å². The van der Waals surface area contributed by atoms with Gasteiger partial charge < -0.3 is 11.1 Å². The molecule has 1 aliphatic heterocycles. The second-order valence-electron chi connectivity index (χ2n) is 7.55. The molecule has 0 fully saturated rings. The summed E-state index contributed by atoms with van der Waals surface area (Å²) in [6.45, 7) is 0.281. The van der Waals surface area contributed by atoms with Crippen molar-refractivity contribution in [2.75, 3.05) is 4.90 Å². The summed E-state index contributed by atoms with van der Waals surface area (Å²) in [4.78, 5) is 14.8. The van der Waals surface area contributed by atoms with Crippen molar-refractivity contribution >= 4 is 21.6 Å². The Bertz CT molecular complexity index is 1280. The summed E-state index contributed by atoms with van der Waals surface area (Å²) >= 11 is 0. The van der Waals surface area contributed by atoms with E-state index in [2.05, 4.69) is 11.4 Å². The van der Waals surface area contributed by atoms with Gasteiger partial charge in [0, 0.05) is 6.54 Å². The Balaban J connectivity index is 1.56. The fraction of sp³-hybridized carbons (Fsp3) is 0.167. The van der Waals surface area contributed by atoms with E-state index in [-0.39, 0.29) is 22.4 Å². The lowest BCUT2D eigenvalue weighted by Gasteiger charge is -2.35. The number of benzene rings is 3. The fourth-order valence-corrected chi connectivity index (χ4v) is 5.06. The largest absolute Gasteiger partial charge is 0.334 e. The molecule has 1 aliphatic rings. The van der Waals surface area contributed by atoms with E-state index in [1.807, 2.05) is 0 Å². The zero-order valence-corrected chi connectivity index (χ0v) is 18.0. The van der Waals surface area contributed by atoms with Gasteiger partial charge in [-0.05, 0) is 66.4 Å². The van der Waals surface area contributed by atoms with Crippen LogP contribution >= 0.6 is 0 Å². The van der Waals surface area contributed by atoms with Crippen LogP contribution in [0.2, 0.25) is 0 Å². The second-order valence-corrected chi connectivity index (χ2v) is 9.50. The fourth-order valence-electron chi connectivity index (χ4n) is 3.73. The molecule has 1 atom stereocenters. The summed E-state index contributed by atoms with van der Waals surface area (Å²) in [7, 11) is -3.65. The first-order chi connectivity index (χ1) is 15.4. The van der Waals surface area contributed by atoms with Crippen LogP contribution in [0.15, 0.2) is 82.6 Å². The average molecular weight is 447 g/mol. The van der Waals surface area contributed by atoms with Gasteiger partial charge >= 0.3 is 6.03 Å². The van der Waals surface area contributed by atoms with E-state index in [0.717, 1.165) is 11.1 Å². The Morgan fingerprint density at radius 2 is 1.78 bits per heavy atom. The van der Waals surface area contributed by atoms with Crippen molar-refractivity contribution in [2.45, 2.75) is 35.3 Å². The molecule has 2 amide bonds. The normalized spacial score (nSPS) is 15.5. The van der Waals surface area contributed by atoms with Crippen LogP contribution in [-0.2, 0) is 22.8 Å². The molecular formula is C24H22N4O3S. The average Bonchev–Trinajstić information content (AvgIpc) is 2.83. The lowest BCUT2D eigenvalue weighted by atomic mass is 10.00. The maximum absolute atomic E-state index is 13.0. The highest BCUT2D eigenvalue weighted by Gasteiger charge is 2.30. The van der Waals surface area contributed by atoms with Gasteiger partial charge in [-0.3, -0.25) is 4.90 Å². The number of aryl methyl sites for hydroxylation is 1. The SMILES string of the molecule is N#Cc1ccc(CNC(=O)N2c3ccc(S(=O)(=O)c4ccccc4)cc3CCC2N)cc1. The number of hydrogen-bond donors (Lipinski definition) is 2. The summed E-state index contributed by atoms with van der Waals surface area (Å²) in [6, 6.07) is 21.7. The number of sulfone groups is 1. The molecule has 1 heterocycles. The van der Waals surface area contributed by atoms with E-state index >= 15 is 0 Å². The van der Waals surface area contributed by atoms with Crippen molar-refractivity contribution in [3.05, 3.63) is 89.5 Å². The monoisotopic (exact) mass is 446 g/mol. The van der Waals surface area contributed by atoms with E-state index in [1.165, 1.54) is 11.0 Å². The lowest BCUT2D eigenvalue weighted by Crippen LogP contribution is -2.52. The van der Waals surface area contributed by atoms with E-state index in [1.54, 1.807) is 66.7 Å². The van der Waals surface area contributed by atoms with Gasteiger partial charge in [0.15, 0.2) is 0 Å². The number of nitrogens with zero attached hydrogens (tertiary/aromatic N) is 2. The smallest absolute Gasteiger partial charge is 0.323 e. The molecule has 0 spiro atoms. The van der Waals surface area contributed by atoms with Gasteiger partial charge in [-0.15, -0.1) is 0 Å². The van der Waals surface area contributed by atoms with Crippen LogP contribution in [0.1, 0.15) is 23.1 Å². The van der Waals surface area contributed by atoms with Crippen molar-refractivity contribution in [3.63, 3.8) is 0 Å². The van der Waals surface area contributed by atoms with Gasteiger partial charge in [0.2, 0.25) is 9.84 Å². The number of nitrogens with two attached hydrogens (primary N) is 1. The van der Waals surface area contributed by atoms with E-state index < -0.39 is 16.0 Å². The highest BCUT2D eigenvalue weighted by molar-refractivity contribution is 7.91. The molecular weight excluding hydrogens is 424 g/mol. The Morgan fingerprint density at radius 1 is 1.06 bits per heavy atom. The molecule has 0 saturated heterocycles. The van der Waals surface area contributed by atoms with Crippen molar-refractivity contribution in [1.82, 2.24) is 5.32 Å². The molecule has 3 N–H and O–H groups in total. The molecule has 0 aliphatic carbocycles. The number of anilines is 1. The number of urea groups is 1. The number of nitrogens with one attached hydrogen (secondary N) is 1. The first kappa shape index (κ1) is 21.6. The maximum Gasteiger partial charge on any atom is 0.323 e. The summed E-state index contributed by atoms with van der Waals surface area (Å²) in [5.41, 5.74) is 9.00. The number of hydrogen-bond acceptors (Lipinski definition) is 5. The van der Waals surface area contributed by atoms with Gasteiger partial charge in [0.25, 0.3) is 0 Å². The van der Waals surface area contributed by atoms with Gasteiger partial charge in [-0.2, -0.15) is 5.26 Å². The van der Waals surface area contributed by atoms with Gasteiger partial charge in [-0.25, -0.2) is 13.2 Å². The third-order valence-corrected chi connectivity index (χ3v) is 7.23. The summed E-state index contributed by atoms with van der Waals surface area (Å²) < 4.78 is 25.9. The Kier molecular flexibility index (Phi) is 5.95. The minimum absolute atomic E-state index is 0.191. The number of carbonyl (C=O) groups excluding carboxylic acids is 1.